The number of hydrogen-bond acceptors (Lipinski definition) is 5. The molecule has 0 radical (unpaired) electrons. The molecule has 2 aromatic carbocycles. The van der Waals surface area contributed by atoms with Crippen molar-refractivity contribution in [3.63, 3.8) is 0 Å². The highest BCUT2D eigenvalue weighted by molar-refractivity contribution is 5.89. The molecule has 1 aliphatic heterocycles. The van der Waals surface area contributed by atoms with Crippen LogP contribution < -0.4 is 4.74 Å². The molecule has 0 N–H and O–H groups in total. The van der Waals surface area contributed by atoms with Crippen LogP contribution in [0.4, 0.5) is 0 Å². The van der Waals surface area contributed by atoms with Crippen LogP contribution in [-0.4, -0.2) is 49.5 Å². The Morgan fingerprint density at radius 1 is 1.09 bits per heavy atom. The first kappa shape index (κ1) is 24.0. The maximum absolute atomic E-state index is 13.4. The Hall–Kier alpha value is -2.66. The van der Waals surface area contributed by atoms with Gasteiger partial charge in [-0.3, -0.25) is 9.69 Å². The molecule has 0 aromatic heterocycles. The van der Waals surface area contributed by atoms with Crippen molar-refractivity contribution in [3.8, 4) is 5.75 Å². The van der Waals surface area contributed by atoms with Crippen LogP contribution in [0.25, 0.3) is 0 Å². The van der Waals surface area contributed by atoms with E-state index in [1.165, 1.54) is 7.11 Å². The fourth-order valence-electron chi connectivity index (χ4n) is 4.36. The van der Waals surface area contributed by atoms with E-state index in [2.05, 4.69) is 25.7 Å². The number of piperidine rings is 1. The van der Waals surface area contributed by atoms with Gasteiger partial charge in [-0.15, -0.1) is 0 Å². The van der Waals surface area contributed by atoms with E-state index < -0.39 is 0 Å². The fourth-order valence-corrected chi connectivity index (χ4v) is 4.36. The number of likely N-dealkylation sites (tertiary alicyclic amines) is 1. The Bertz CT molecular complexity index is 892. The van der Waals surface area contributed by atoms with E-state index >= 15 is 0 Å². The lowest BCUT2D eigenvalue weighted by Crippen LogP contribution is -2.50. The average Bonchev–Trinajstić information content (AvgIpc) is 2.80. The van der Waals surface area contributed by atoms with E-state index in [0.717, 1.165) is 37.2 Å². The second kappa shape index (κ2) is 10.8. The van der Waals surface area contributed by atoms with Crippen LogP contribution in [0.1, 0.15) is 61.9 Å². The van der Waals surface area contributed by atoms with Gasteiger partial charge in [0, 0.05) is 13.0 Å². The number of carbonyl (C=O) groups is 2. The van der Waals surface area contributed by atoms with Gasteiger partial charge >= 0.3 is 5.97 Å². The van der Waals surface area contributed by atoms with Crippen molar-refractivity contribution in [3.05, 3.63) is 65.7 Å². The highest BCUT2D eigenvalue weighted by atomic mass is 16.5. The van der Waals surface area contributed by atoms with E-state index in [1.54, 1.807) is 12.1 Å². The first-order valence-electron chi connectivity index (χ1n) is 11.4. The standard InChI is InChI=1S/C27H35NO4/c1-20(21-10-12-22(13-11-21)26(30)31-4)18-25(29)24-19-27(2,3)14-15-28(24)16-17-32-23-8-6-5-7-9-23/h5-13,20,24H,14-19H2,1-4H3/t20-,24?/m1/s1. The van der Waals surface area contributed by atoms with Crippen LogP contribution in [-0.2, 0) is 9.53 Å². The molecule has 5 nitrogen and oxygen atoms in total. The van der Waals surface area contributed by atoms with Crippen molar-refractivity contribution >= 4 is 11.8 Å². The van der Waals surface area contributed by atoms with Gasteiger partial charge in [0.2, 0.25) is 0 Å². The zero-order chi connectivity index (χ0) is 23.1. The van der Waals surface area contributed by atoms with E-state index in [-0.39, 0.29) is 29.1 Å². The summed E-state index contributed by atoms with van der Waals surface area (Å²) in [5, 5.41) is 0. The molecule has 2 atom stereocenters. The number of methoxy groups -OCH3 is 1. The minimum absolute atomic E-state index is 0.0849. The maximum Gasteiger partial charge on any atom is 0.337 e. The van der Waals surface area contributed by atoms with E-state index in [9.17, 15) is 9.59 Å². The summed E-state index contributed by atoms with van der Waals surface area (Å²) >= 11 is 0. The summed E-state index contributed by atoms with van der Waals surface area (Å²) in [6.45, 7) is 8.79. The van der Waals surface area contributed by atoms with Crippen LogP contribution in [0, 0.1) is 5.41 Å². The molecule has 1 heterocycles. The topological polar surface area (TPSA) is 55.8 Å². The van der Waals surface area contributed by atoms with Crippen LogP contribution >= 0.6 is 0 Å². The van der Waals surface area contributed by atoms with E-state index in [4.69, 9.17) is 9.47 Å². The van der Waals surface area contributed by atoms with Crippen molar-refractivity contribution in [2.24, 2.45) is 5.41 Å². The number of benzene rings is 2. The number of esters is 1. The monoisotopic (exact) mass is 437 g/mol. The van der Waals surface area contributed by atoms with Gasteiger partial charge in [-0.2, -0.15) is 0 Å². The summed E-state index contributed by atoms with van der Waals surface area (Å²) in [5.74, 6) is 0.874. The van der Waals surface area contributed by atoms with Gasteiger partial charge in [0.25, 0.3) is 0 Å². The lowest BCUT2D eigenvalue weighted by molar-refractivity contribution is -0.127. The quantitative estimate of drug-likeness (QED) is 0.511. The molecule has 5 heteroatoms. The van der Waals surface area contributed by atoms with Crippen molar-refractivity contribution in [2.75, 3.05) is 26.8 Å². The third-order valence-electron chi connectivity index (χ3n) is 6.43. The van der Waals surface area contributed by atoms with Crippen molar-refractivity contribution in [2.45, 2.75) is 52.0 Å². The molecular formula is C27H35NO4. The summed E-state index contributed by atoms with van der Waals surface area (Å²) in [7, 11) is 1.37. The van der Waals surface area contributed by atoms with Crippen LogP contribution in [0.5, 0.6) is 5.75 Å². The lowest BCUT2D eigenvalue weighted by Gasteiger charge is -2.43. The number of ether oxygens (including phenoxy) is 2. The van der Waals surface area contributed by atoms with Gasteiger partial charge < -0.3 is 9.47 Å². The van der Waals surface area contributed by atoms with Crippen molar-refractivity contribution in [1.29, 1.82) is 0 Å². The normalized spacial score (nSPS) is 19.2. The first-order chi connectivity index (χ1) is 15.3. The Kier molecular flexibility index (Phi) is 8.08. The highest BCUT2D eigenvalue weighted by Crippen LogP contribution is 2.35. The molecule has 32 heavy (non-hydrogen) atoms. The number of para-hydroxylation sites is 1. The van der Waals surface area contributed by atoms with Gasteiger partial charge in [0.15, 0.2) is 5.78 Å². The summed E-state index contributed by atoms with van der Waals surface area (Å²) in [5.41, 5.74) is 1.73. The second-order valence-electron chi connectivity index (χ2n) is 9.52. The Morgan fingerprint density at radius 2 is 1.78 bits per heavy atom. The Balaban J connectivity index is 1.61. The van der Waals surface area contributed by atoms with E-state index in [1.807, 2.05) is 42.5 Å². The van der Waals surface area contributed by atoms with Gasteiger partial charge in [0.05, 0.1) is 18.7 Å². The molecule has 1 saturated heterocycles. The van der Waals surface area contributed by atoms with Gasteiger partial charge in [0.1, 0.15) is 12.4 Å². The van der Waals surface area contributed by atoms with Gasteiger partial charge in [-0.25, -0.2) is 4.79 Å². The second-order valence-corrected chi connectivity index (χ2v) is 9.52. The number of carbonyl (C=O) groups excluding carboxylic acids is 2. The average molecular weight is 438 g/mol. The van der Waals surface area contributed by atoms with Crippen molar-refractivity contribution in [1.82, 2.24) is 4.90 Å². The lowest BCUT2D eigenvalue weighted by atomic mass is 9.76. The predicted octanol–water partition coefficient (Wildman–Crippen LogP) is 5.11. The summed E-state index contributed by atoms with van der Waals surface area (Å²) in [4.78, 5) is 27.3. The van der Waals surface area contributed by atoms with Crippen LogP contribution in [0.15, 0.2) is 54.6 Å². The number of ketones is 1. The van der Waals surface area contributed by atoms with Crippen molar-refractivity contribution < 1.29 is 19.1 Å². The first-order valence-corrected chi connectivity index (χ1v) is 11.4. The summed E-state index contributed by atoms with van der Waals surface area (Å²) in [6.07, 6.45) is 2.42. The third kappa shape index (κ3) is 6.42. The highest BCUT2D eigenvalue weighted by Gasteiger charge is 2.37. The Morgan fingerprint density at radius 3 is 2.44 bits per heavy atom. The summed E-state index contributed by atoms with van der Waals surface area (Å²) in [6, 6.07) is 17.1. The molecule has 1 aliphatic rings. The van der Waals surface area contributed by atoms with Crippen LogP contribution in [0.3, 0.4) is 0 Å². The predicted molar refractivity (Wildman–Crippen MR) is 126 cm³/mol. The minimum atomic E-state index is -0.349. The molecule has 1 fully saturated rings. The number of hydrogen-bond donors (Lipinski definition) is 0. The molecule has 2 aromatic rings. The molecule has 0 aliphatic carbocycles. The number of rotatable bonds is 9. The molecule has 0 amide bonds. The largest absolute Gasteiger partial charge is 0.492 e. The molecule has 0 bridgehead atoms. The maximum atomic E-state index is 13.4. The van der Waals surface area contributed by atoms with Gasteiger partial charge in [-0.1, -0.05) is 51.1 Å². The fraction of sp³-hybridized carbons (Fsp3) is 0.481. The molecule has 172 valence electrons. The molecule has 3 rings (SSSR count). The smallest absolute Gasteiger partial charge is 0.337 e. The third-order valence-corrected chi connectivity index (χ3v) is 6.43. The molecule has 1 unspecified atom stereocenters. The number of Topliss-reactive ketones (excluding diaryl/α,β-unsaturated/α-hetero) is 1. The Labute approximate surface area is 191 Å². The van der Waals surface area contributed by atoms with Gasteiger partial charge in [-0.05, 0) is 60.5 Å². The minimum Gasteiger partial charge on any atom is -0.492 e. The summed E-state index contributed by atoms with van der Waals surface area (Å²) < 4.78 is 10.7. The zero-order valence-corrected chi connectivity index (χ0v) is 19.7. The van der Waals surface area contributed by atoms with E-state index in [0.29, 0.717) is 18.6 Å². The molecule has 0 saturated carbocycles. The van der Waals surface area contributed by atoms with Crippen LogP contribution in [0.2, 0.25) is 0 Å². The SMILES string of the molecule is COC(=O)c1ccc([C@H](C)CC(=O)C2CC(C)(C)CCN2CCOc2ccccc2)cc1. The zero-order valence-electron chi connectivity index (χ0n) is 19.7. The number of nitrogens with zero attached hydrogens (tertiary/aromatic N) is 1. The molecular weight excluding hydrogens is 402 g/mol. The molecule has 0 spiro atoms.